The highest BCUT2D eigenvalue weighted by molar-refractivity contribution is 5.61. The zero-order valence-corrected chi connectivity index (χ0v) is 11.0. The maximum atomic E-state index is 11.6. The molecule has 1 unspecified atom stereocenters. The molecule has 3 nitrogen and oxygen atoms in total. The summed E-state index contributed by atoms with van der Waals surface area (Å²) in [4.78, 5) is 11.6. The molecule has 0 amide bonds. The molecule has 1 aromatic carbocycles. The van der Waals surface area contributed by atoms with Gasteiger partial charge in [-0.05, 0) is 26.3 Å². The fourth-order valence-electron chi connectivity index (χ4n) is 1.33. The zero-order valence-electron chi connectivity index (χ0n) is 11.0. The molecule has 0 aliphatic carbocycles. The molecule has 96 valence electrons. The fourth-order valence-corrected chi connectivity index (χ4v) is 1.33. The largest absolute Gasteiger partial charge is 0.509 e. The molecule has 0 aromatic heterocycles. The van der Waals surface area contributed by atoms with Crippen LogP contribution in [-0.4, -0.2) is 11.8 Å². The van der Waals surface area contributed by atoms with E-state index >= 15 is 0 Å². The molecule has 1 aromatic rings. The highest BCUT2D eigenvalue weighted by Gasteiger charge is 2.21. The Hall–Kier alpha value is -1.99. The number of rotatable bonds is 3. The molecular weight excluding hydrogens is 228 g/mol. The van der Waals surface area contributed by atoms with Gasteiger partial charge in [-0.25, -0.2) is 4.79 Å². The van der Waals surface area contributed by atoms with Crippen LogP contribution < -0.4 is 0 Å². The zero-order chi connectivity index (χ0) is 13.6. The van der Waals surface area contributed by atoms with Crippen molar-refractivity contribution in [3.05, 3.63) is 54.3 Å². The van der Waals surface area contributed by atoms with Gasteiger partial charge in [0.05, 0.1) is 0 Å². The number of carbonyl (C=O) groups excluding carboxylic acids is 1. The molecule has 0 aliphatic heterocycles. The third-order valence-corrected chi connectivity index (χ3v) is 2.01. The summed E-state index contributed by atoms with van der Waals surface area (Å²) in [6, 6.07) is 9.37. The van der Waals surface area contributed by atoms with Crippen LogP contribution in [0.4, 0.5) is 4.79 Å². The summed E-state index contributed by atoms with van der Waals surface area (Å²) in [6.45, 7) is 8.86. The molecule has 18 heavy (non-hydrogen) atoms. The topological polar surface area (TPSA) is 35.5 Å². The first kappa shape index (κ1) is 14.1. The monoisotopic (exact) mass is 246 g/mol. The number of carbonyl (C=O) groups is 1. The van der Waals surface area contributed by atoms with Gasteiger partial charge >= 0.3 is 6.16 Å². The highest BCUT2D eigenvalue weighted by Crippen LogP contribution is 2.20. The van der Waals surface area contributed by atoms with Crippen molar-refractivity contribution >= 4 is 6.16 Å². The van der Waals surface area contributed by atoms with Gasteiger partial charge in [-0.1, -0.05) is 36.9 Å². The lowest BCUT2D eigenvalue weighted by Gasteiger charge is -2.21. The smallest absolute Gasteiger partial charge is 0.429 e. The van der Waals surface area contributed by atoms with Gasteiger partial charge in [0, 0.05) is 6.08 Å². The Morgan fingerprint density at radius 3 is 2.44 bits per heavy atom. The quantitative estimate of drug-likeness (QED) is 0.597. The van der Waals surface area contributed by atoms with Gasteiger partial charge in [0.15, 0.2) is 6.10 Å². The molecule has 0 aliphatic rings. The van der Waals surface area contributed by atoms with Crippen LogP contribution in [-0.2, 0) is 9.47 Å². The molecule has 0 fully saturated rings. The summed E-state index contributed by atoms with van der Waals surface area (Å²) in [6.07, 6.45) is 0.348. The lowest BCUT2D eigenvalue weighted by atomic mass is 10.1. The molecule has 0 heterocycles. The Morgan fingerprint density at radius 2 is 1.94 bits per heavy atom. The molecule has 3 heteroatoms. The Kier molecular flexibility index (Phi) is 4.75. The normalized spacial score (nSPS) is 12.2. The van der Waals surface area contributed by atoms with Crippen molar-refractivity contribution in [1.29, 1.82) is 0 Å². The van der Waals surface area contributed by atoms with E-state index in [0.717, 1.165) is 5.56 Å². The maximum Gasteiger partial charge on any atom is 0.509 e. The molecule has 0 spiro atoms. The van der Waals surface area contributed by atoms with E-state index in [1.54, 1.807) is 26.8 Å². The summed E-state index contributed by atoms with van der Waals surface area (Å²) < 4.78 is 10.3. The molecule has 0 radical (unpaired) electrons. The van der Waals surface area contributed by atoms with Crippen LogP contribution >= 0.6 is 0 Å². The van der Waals surface area contributed by atoms with Crippen LogP contribution in [0.15, 0.2) is 48.7 Å². The molecule has 0 saturated heterocycles. The standard InChI is InChI=1S/C15H18O3/c1-5-9-13(12-10-7-6-8-11-12)17-14(16)18-15(2,3)4/h6-11,13H,1H2,2-4H3. The summed E-state index contributed by atoms with van der Waals surface area (Å²) in [5, 5.41) is 0. The van der Waals surface area contributed by atoms with E-state index < -0.39 is 17.9 Å². The van der Waals surface area contributed by atoms with Gasteiger partial charge in [-0.3, -0.25) is 0 Å². The molecular formula is C15H18O3. The third kappa shape index (κ3) is 4.89. The average molecular weight is 246 g/mol. The number of hydrogen-bond acceptors (Lipinski definition) is 3. The van der Waals surface area contributed by atoms with Crippen LogP contribution in [0.25, 0.3) is 0 Å². The molecule has 1 atom stereocenters. The van der Waals surface area contributed by atoms with Crippen LogP contribution in [0.2, 0.25) is 0 Å². The van der Waals surface area contributed by atoms with Gasteiger partial charge in [-0.15, -0.1) is 5.73 Å². The van der Waals surface area contributed by atoms with Gasteiger partial charge in [0.2, 0.25) is 0 Å². The minimum Gasteiger partial charge on any atom is -0.429 e. The predicted molar refractivity (Wildman–Crippen MR) is 70.2 cm³/mol. The Morgan fingerprint density at radius 1 is 1.33 bits per heavy atom. The van der Waals surface area contributed by atoms with Crippen molar-refractivity contribution in [3.8, 4) is 0 Å². The van der Waals surface area contributed by atoms with E-state index in [2.05, 4.69) is 12.3 Å². The summed E-state index contributed by atoms with van der Waals surface area (Å²) in [5.74, 6) is 0. The predicted octanol–water partition coefficient (Wildman–Crippen LogP) is 4.02. The van der Waals surface area contributed by atoms with Crippen molar-refractivity contribution in [3.63, 3.8) is 0 Å². The molecule has 0 N–H and O–H groups in total. The van der Waals surface area contributed by atoms with Crippen molar-refractivity contribution in [1.82, 2.24) is 0 Å². The summed E-state index contributed by atoms with van der Waals surface area (Å²) in [7, 11) is 0. The fraction of sp³-hybridized carbons (Fsp3) is 0.333. The van der Waals surface area contributed by atoms with Crippen LogP contribution in [0.1, 0.15) is 32.4 Å². The first-order valence-corrected chi connectivity index (χ1v) is 5.73. The number of benzene rings is 1. The number of hydrogen-bond donors (Lipinski definition) is 0. The van der Waals surface area contributed by atoms with Crippen molar-refractivity contribution in [2.75, 3.05) is 0 Å². The first-order valence-electron chi connectivity index (χ1n) is 5.73. The Labute approximate surface area is 108 Å². The van der Waals surface area contributed by atoms with E-state index in [1.807, 2.05) is 30.3 Å². The van der Waals surface area contributed by atoms with Gasteiger partial charge in [0.1, 0.15) is 5.60 Å². The average Bonchev–Trinajstić information content (AvgIpc) is 2.27. The van der Waals surface area contributed by atoms with E-state index in [1.165, 1.54) is 0 Å². The van der Waals surface area contributed by atoms with Crippen LogP contribution in [0, 0.1) is 0 Å². The highest BCUT2D eigenvalue weighted by atomic mass is 16.7. The third-order valence-electron chi connectivity index (χ3n) is 2.01. The number of ether oxygens (including phenoxy) is 2. The molecule has 0 saturated carbocycles. The van der Waals surface area contributed by atoms with Crippen molar-refractivity contribution in [2.24, 2.45) is 0 Å². The van der Waals surface area contributed by atoms with E-state index in [0.29, 0.717) is 0 Å². The van der Waals surface area contributed by atoms with Crippen LogP contribution in [0.5, 0.6) is 0 Å². The second kappa shape index (κ2) is 6.08. The van der Waals surface area contributed by atoms with Gasteiger partial charge in [-0.2, -0.15) is 0 Å². The van der Waals surface area contributed by atoms with Gasteiger partial charge < -0.3 is 9.47 Å². The van der Waals surface area contributed by atoms with Crippen molar-refractivity contribution in [2.45, 2.75) is 32.5 Å². The second-order valence-corrected chi connectivity index (χ2v) is 4.78. The summed E-state index contributed by atoms with van der Waals surface area (Å²) >= 11 is 0. The molecule has 1 rings (SSSR count). The lowest BCUT2D eigenvalue weighted by Crippen LogP contribution is -2.25. The van der Waals surface area contributed by atoms with Gasteiger partial charge in [0.25, 0.3) is 0 Å². The molecule has 0 bridgehead atoms. The summed E-state index contributed by atoms with van der Waals surface area (Å²) in [5.41, 5.74) is 2.90. The second-order valence-electron chi connectivity index (χ2n) is 4.78. The van der Waals surface area contributed by atoms with Crippen molar-refractivity contribution < 1.29 is 14.3 Å². The van der Waals surface area contributed by atoms with E-state index in [9.17, 15) is 4.79 Å². The Bertz CT molecular complexity index is 437. The minimum atomic E-state index is -0.706. The SMILES string of the molecule is C=C=CC(OC(=O)OC(C)(C)C)c1ccccc1. The maximum absolute atomic E-state index is 11.6. The van der Waals surface area contributed by atoms with E-state index in [4.69, 9.17) is 9.47 Å². The minimum absolute atomic E-state index is 0.529. The first-order chi connectivity index (χ1) is 8.42. The Balaban J connectivity index is 2.76. The lowest BCUT2D eigenvalue weighted by molar-refractivity contribution is -0.0188. The van der Waals surface area contributed by atoms with Crippen LogP contribution in [0.3, 0.4) is 0 Å². The van der Waals surface area contributed by atoms with E-state index in [-0.39, 0.29) is 0 Å².